The normalized spacial score (nSPS) is 24.3. The van der Waals surface area contributed by atoms with E-state index < -0.39 is 0 Å². The summed E-state index contributed by atoms with van der Waals surface area (Å²) in [6, 6.07) is 6.52. The number of hydrogen-bond acceptors (Lipinski definition) is 3. The van der Waals surface area contributed by atoms with Gasteiger partial charge >= 0.3 is 6.03 Å². The Bertz CT molecular complexity index is 560. The van der Waals surface area contributed by atoms with Gasteiger partial charge in [0.2, 0.25) is 0 Å². The molecule has 4 nitrogen and oxygen atoms in total. The predicted octanol–water partition coefficient (Wildman–Crippen LogP) is 3.47. The van der Waals surface area contributed by atoms with Crippen LogP contribution < -0.4 is 10.6 Å². The zero-order valence-corrected chi connectivity index (χ0v) is 14.7. The first-order chi connectivity index (χ1) is 11.2. The minimum atomic E-state index is -0.0713. The van der Waals surface area contributed by atoms with Crippen LogP contribution in [-0.4, -0.2) is 31.0 Å². The maximum atomic E-state index is 12.1. The summed E-state index contributed by atoms with van der Waals surface area (Å²) in [6.07, 6.45) is 6.88. The van der Waals surface area contributed by atoms with Crippen LogP contribution in [-0.2, 0) is 11.3 Å². The average Bonchev–Trinajstić information content (AvgIpc) is 3.38. The lowest BCUT2D eigenvalue weighted by Gasteiger charge is -2.30. The Morgan fingerprint density at radius 2 is 2.17 bits per heavy atom. The number of rotatable bonds is 5. The molecule has 1 aliphatic heterocycles. The number of amides is 2. The second-order valence-electron chi connectivity index (χ2n) is 6.60. The van der Waals surface area contributed by atoms with Crippen LogP contribution in [0.4, 0.5) is 4.79 Å². The van der Waals surface area contributed by atoms with Gasteiger partial charge in [0.15, 0.2) is 0 Å². The molecule has 0 radical (unpaired) electrons. The fourth-order valence-electron chi connectivity index (χ4n) is 3.22. The molecule has 1 saturated heterocycles. The molecule has 0 spiro atoms. The number of carbonyl (C=O) groups is 1. The van der Waals surface area contributed by atoms with Crippen LogP contribution in [0, 0.1) is 12.8 Å². The van der Waals surface area contributed by atoms with E-state index in [2.05, 4.69) is 42.0 Å². The average molecular weight is 334 g/mol. The lowest BCUT2D eigenvalue weighted by atomic mass is 10.0. The van der Waals surface area contributed by atoms with E-state index in [-0.39, 0.29) is 12.1 Å². The number of aryl methyl sites for hydroxylation is 1. The highest BCUT2D eigenvalue weighted by Crippen LogP contribution is 2.38. The smallest absolute Gasteiger partial charge is 0.315 e. The second-order valence-corrected chi connectivity index (χ2v) is 7.45. The topological polar surface area (TPSA) is 50.4 Å². The number of thioether (sulfide) groups is 1. The molecular weight excluding hydrogens is 308 g/mol. The van der Waals surface area contributed by atoms with Gasteiger partial charge in [-0.3, -0.25) is 0 Å². The molecule has 1 aromatic carbocycles. The highest BCUT2D eigenvalue weighted by atomic mass is 32.2. The van der Waals surface area contributed by atoms with Gasteiger partial charge in [0.25, 0.3) is 0 Å². The molecule has 2 aliphatic rings. The summed E-state index contributed by atoms with van der Waals surface area (Å²) in [7, 11) is 0. The van der Waals surface area contributed by atoms with Crippen LogP contribution in [0.1, 0.15) is 36.8 Å². The molecule has 0 bridgehead atoms. The molecule has 2 fully saturated rings. The van der Waals surface area contributed by atoms with Gasteiger partial charge in [0.1, 0.15) is 0 Å². The lowest BCUT2D eigenvalue weighted by Crippen LogP contribution is -2.46. The molecule has 2 N–H and O–H groups in total. The first kappa shape index (κ1) is 16.7. The number of urea groups is 1. The van der Waals surface area contributed by atoms with Crippen LogP contribution >= 0.6 is 11.8 Å². The van der Waals surface area contributed by atoms with Crippen LogP contribution in [0.5, 0.6) is 0 Å². The number of nitrogens with one attached hydrogen (secondary N) is 2. The number of hydrogen-bond donors (Lipinski definition) is 2. The zero-order chi connectivity index (χ0) is 16.2. The standard InChI is InChI=1S/C18H26N2O2S/c1-12-9-13(3-6-17(12)23-2)11-19-18(21)20-15-7-8-22-16(10-15)14-4-5-14/h3,6,9,14-16H,4-5,7-8,10-11H2,1-2H3,(H2,19,20,21). The van der Waals surface area contributed by atoms with Crippen molar-refractivity contribution in [2.24, 2.45) is 5.92 Å². The molecule has 3 rings (SSSR count). The SMILES string of the molecule is CSc1ccc(CNC(=O)NC2CCOC(C3CC3)C2)cc1C. The van der Waals surface area contributed by atoms with E-state index in [1.807, 2.05) is 0 Å². The minimum Gasteiger partial charge on any atom is -0.378 e. The van der Waals surface area contributed by atoms with Crippen molar-refractivity contribution >= 4 is 17.8 Å². The third kappa shape index (κ3) is 4.64. The van der Waals surface area contributed by atoms with Gasteiger partial charge in [-0.2, -0.15) is 0 Å². The fraction of sp³-hybridized carbons (Fsp3) is 0.611. The number of ether oxygens (including phenoxy) is 1. The quantitative estimate of drug-likeness (QED) is 0.811. The summed E-state index contributed by atoms with van der Waals surface area (Å²) in [5.74, 6) is 0.737. The Labute approximate surface area is 142 Å². The fourth-order valence-corrected chi connectivity index (χ4v) is 3.81. The largest absolute Gasteiger partial charge is 0.378 e. The van der Waals surface area contributed by atoms with Crippen LogP contribution in [0.25, 0.3) is 0 Å². The highest BCUT2D eigenvalue weighted by Gasteiger charge is 2.36. The van der Waals surface area contributed by atoms with Gasteiger partial charge in [-0.15, -0.1) is 11.8 Å². The van der Waals surface area contributed by atoms with Crippen molar-refractivity contribution in [2.45, 2.75) is 56.2 Å². The van der Waals surface area contributed by atoms with Crippen molar-refractivity contribution in [1.29, 1.82) is 0 Å². The molecule has 2 unspecified atom stereocenters. The van der Waals surface area contributed by atoms with E-state index in [0.717, 1.165) is 30.9 Å². The minimum absolute atomic E-state index is 0.0713. The van der Waals surface area contributed by atoms with Crippen molar-refractivity contribution in [3.63, 3.8) is 0 Å². The molecule has 2 amide bonds. The van der Waals surface area contributed by atoms with Crippen molar-refractivity contribution in [3.8, 4) is 0 Å². The molecular formula is C18H26N2O2S. The van der Waals surface area contributed by atoms with Gasteiger partial charge in [-0.25, -0.2) is 4.79 Å². The molecule has 5 heteroatoms. The third-order valence-corrected chi connectivity index (χ3v) is 5.61. The molecule has 1 aliphatic carbocycles. The zero-order valence-electron chi connectivity index (χ0n) is 13.9. The molecule has 1 saturated carbocycles. The Hall–Kier alpha value is -1.20. The van der Waals surface area contributed by atoms with Crippen LogP contribution in [0.15, 0.2) is 23.1 Å². The maximum absolute atomic E-state index is 12.1. The second kappa shape index (κ2) is 7.58. The van der Waals surface area contributed by atoms with E-state index in [9.17, 15) is 4.79 Å². The maximum Gasteiger partial charge on any atom is 0.315 e. The van der Waals surface area contributed by atoms with Gasteiger partial charge in [0, 0.05) is 24.1 Å². The molecule has 0 aromatic heterocycles. The summed E-state index contributed by atoms with van der Waals surface area (Å²) in [4.78, 5) is 13.4. The van der Waals surface area contributed by atoms with Crippen LogP contribution in [0.2, 0.25) is 0 Å². The van der Waals surface area contributed by atoms with Gasteiger partial charge < -0.3 is 15.4 Å². The highest BCUT2D eigenvalue weighted by molar-refractivity contribution is 7.98. The van der Waals surface area contributed by atoms with E-state index in [0.29, 0.717) is 12.6 Å². The Kier molecular flexibility index (Phi) is 5.49. The first-order valence-corrected chi connectivity index (χ1v) is 9.67. The summed E-state index contributed by atoms with van der Waals surface area (Å²) in [5.41, 5.74) is 2.40. The van der Waals surface area contributed by atoms with E-state index in [1.165, 1.54) is 23.3 Å². The molecule has 1 heterocycles. The van der Waals surface area contributed by atoms with E-state index in [4.69, 9.17) is 4.74 Å². The van der Waals surface area contributed by atoms with Gasteiger partial charge in [0.05, 0.1) is 6.10 Å². The molecule has 2 atom stereocenters. The van der Waals surface area contributed by atoms with Gasteiger partial charge in [-0.1, -0.05) is 12.1 Å². The Morgan fingerprint density at radius 3 is 2.87 bits per heavy atom. The number of benzene rings is 1. The Morgan fingerprint density at radius 1 is 1.35 bits per heavy atom. The van der Waals surface area contributed by atoms with E-state index >= 15 is 0 Å². The number of carbonyl (C=O) groups excluding carboxylic acids is 1. The van der Waals surface area contributed by atoms with E-state index in [1.54, 1.807) is 11.8 Å². The molecule has 1 aromatic rings. The van der Waals surface area contributed by atoms with Crippen molar-refractivity contribution in [1.82, 2.24) is 10.6 Å². The monoisotopic (exact) mass is 334 g/mol. The third-order valence-electron chi connectivity index (χ3n) is 4.71. The first-order valence-electron chi connectivity index (χ1n) is 8.45. The molecule has 126 valence electrons. The summed E-state index contributed by atoms with van der Waals surface area (Å²) in [6.45, 7) is 3.44. The lowest BCUT2D eigenvalue weighted by molar-refractivity contribution is -0.00914. The van der Waals surface area contributed by atoms with Crippen molar-refractivity contribution in [2.75, 3.05) is 12.9 Å². The van der Waals surface area contributed by atoms with Gasteiger partial charge in [-0.05, 0) is 62.0 Å². The predicted molar refractivity (Wildman–Crippen MR) is 93.8 cm³/mol. The summed E-state index contributed by atoms with van der Waals surface area (Å²) >= 11 is 1.75. The summed E-state index contributed by atoms with van der Waals surface area (Å²) in [5, 5.41) is 6.08. The molecule has 23 heavy (non-hydrogen) atoms. The Balaban J connectivity index is 1.44. The van der Waals surface area contributed by atoms with Crippen molar-refractivity contribution < 1.29 is 9.53 Å². The van der Waals surface area contributed by atoms with Crippen molar-refractivity contribution in [3.05, 3.63) is 29.3 Å². The summed E-state index contributed by atoms with van der Waals surface area (Å²) < 4.78 is 5.80. The van der Waals surface area contributed by atoms with Crippen LogP contribution in [0.3, 0.4) is 0 Å².